The molecule has 0 saturated heterocycles. The smallest absolute Gasteiger partial charge is 0.261 e. The first-order valence-electron chi connectivity index (χ1n) is 8.28. The molecule has 1 heterocycles. The summed E-state index contributed by atoms with van der Waals surface area (Å²) in [5.41, 5.74) is 2.42. The van der Waals surface area contributed by atoms with Crippen LogP contribution in [0, 0.1) is 0 Å². The lowest BCUT2D eigenvalue weighted by Crippen LogP contribution is -2.41. The second-order valence-corrected chi connectivity index (χ2v) is 7.03. The van der Waals surface area contributed by atoms with Crippen molar-refractivity contribution < 1.29 is 9.59 Å². The summed E-state index contributed by atoms with van der Waals surface area (Å²) in [6, 6.07) is 19.4. The van der Waals surface area contributed by atoms with Gasteiger partial charge in [-0.05, 0) is 42.0 Å². The fourth-order valence-corrected chi connectivity index (χ4v) is 3.86. The molecule has 0 saturated carbocycles. The lowest BCUT2D eigenvalue weighted by Gasteiger charge is -2.27. The molecule has 0 N–H and O–H groups in total. The molecule has 4 rings (SSSR count). The molecule has 0 atom stereocenters. The van der Waals surface area contributed by atoms with E-state index in [0.717, 1.165) is 28.1 Å². The quantitative estimate of drug-likeness (QED) is 0.595. The van der Waals surface area contributed by atoms with Crippen LogP contribution in [0.1, 0.15) is 32.7 Å². The molecular weight excluding hydrogens is 378 g/mol. The molecule has 0 aliphatic carbocycles. The minimum absolute atomic E-state index is 0.200. The van der Waals surface area contributed by atoms with Crippen molar-refractivity contribution >= 4 is 38.5 Å². The standard InChI is InChI=1S/C21H16BrNO2/c22-18-12-11-17-19-15(18)9-4-10-16(19)20(24)23(21(17)25)13-5-8-14-6-2-1-3-7-14/h1-4,6-7,9-12H,5,8,13H2. The lowest BCUT2D eigenvalue weighted by atomic mass is 9.94. The van der Waals surface area contributed by atoms with Gasteiger partial charge < -0.3 is 0 Å². The van der Waals surface area contributed by atoms with Crippen molar-refractivity contribution in [3.05, 3.63) is 81.8 Å². The molecule has 3 nitrogen and oxygen atoms in total. The Morgan fingerprint density at radius 1 is 0.800 bits per heavy atom. The number of halogens is 1. The van der Waals surface area contributed by atoms with Crippen LogP contribution in [0.4, 0.5) is 0 Å². The zero-order chi connectivity index (χ0) is 17.4. The molecule has 0 unspecified atom stereocenters. The summed E-state index contributed by atoms with van der Waals surface area (Å²) in [5.74, 6) is -0.400. The summed E-state index contributed by atoms with van der Waals surface area (Å²) in [6.07, 6.45) is 1.60. The Morgan fingerprint density at radius 3 is 2.28 bits per heavy atom. The Labute approximate surface area is 154 Å². The van der Waals surface area contributed by atoms with Crippen LogP contribution in [0.25, 0.3) is 10.8 Å². The molecule has 0 aromatic heterocycles. The first-order chi connectivity index (χ1) is 12.2. The maximum Gasteiger partial charge on any atom is 0.261 e. The molecule has 0 bridgehead atoms. The third-order valence-corrected chi connectivity index (χ3v) is 5.32. The Hall–Kier alpha value is -2.46. The highest BCUT2D eigenvalue weighted by molar-refractivity contribution is 9.10. The molecule has 4 heteroatoms. The van der Waals surface area contributed by atoms with Gasteiger partial charge in [0.1, 0.15) is 0 Å². The summed E-state index contributed by atoms with van der Waals surface area (Å²) in [7, 11) is 0. The zero-order valence-electron chi connectivity index (χ0n) is 13.5. The van der Waals surface area contributed by atoms with E-state index in [-0.39, 0.29) is 11.8 Å². The van der Waals surface area contributed by atoms with Gasteiger partial charge >= 0.3 is 0 Å². The number of carbonyl (C=O) groups is 2. The normalized spacial score (nSPS) is 13.6. The minimum Gasteiger partial charge on any atom is -0.274 e. The molecule has 2 amide bonds. The number of carbonyl (C=O) groups excluding carboxylic acids is 2. The van der Waals surface area contributed by atoms with Gasteiger partial charge in [0.05, 0.1) is 0 Å². The molecule has 25 heavy (non-hydrogen) atoms. The molecular formula is C21H16BrNO2. The van der Waals surface area contributed by atoms with Crippen LogP contribution < -0.4 is 0 Å². The van der Waals surface area contributed by atoms with Crippen molar-refractivity contribution in [1.29, 1.82) is 0 Å². The maximum absolute atomic E-state index is 12.9. The summed E-state index contributed by atoms with van der Waals surface area (Å²) in [6.45, 7) is 0.429. The number of imide groups is 1. The average Bonchev–Trinajstić information content (AvgIpc) is 2.64. The second-order valence-electron chi connectivity index (χ2n) is 6.17. The van der Waals surface area contributed by atoms with Crippen molar-refractivity contribution in [3.8, 4) is 0 Å². The van der Waals surface area contributed by atoms with E-state index in [1.807, 2.05) is 36.4 Å². The predicted octanol–water partition coefficient (Wildman–Crippen LogP) is 4.83. The molecule has 1 aliphatic rings. The Bertz CT molecular complexity index is 960. The number of hydrogen-bond donors (Lipinski definition) is 0. The fourth-order valence-electron chi connectivity index (χ4n) is 3.40. The number of nitrogens with zero attached hydrogens (tertiary/aromatic N) is 1. The molecule has 124 valence electrons. The number of aryl methyl sites for hydroxylation is 1. The number of rotatable bonds is 4. The van der Waals surface area contributed by atoms with Crippen LogP contribution >= 0.6 is 15.9 Å². The highest BCUT2D eigenvalue weighted by Gasteiger charge is 2.32. The van der Waals surface area contributed by atoms with Gasteiger partial charge in [-0.3, -0.25) is 14.5 Å². The largest absolute Gasteiger partial charge is 0.274 e. The van der Waals surface area contributed by atoms with E-state index in [2.05, 4.69) is 28.1 Å². The van der Waals surface area contributed by atoms with E-state index in [1.165, 1.54) is 10.5 Å². The highest BCUT2D eigenvalue weighted by Crippen LogP contribution is 2.34. The topological polar surface area (TPSA) is 37.4 Å². The third-order valence-electron chi connectivity index (χ3n) is 4.63. The molecule has 0 radical (unpaired) electrons. The Balaban J connectivity index is 1.63. The predicted molar refractivity (Wildman–Crippen MR) is 102 cm³/mol. The van der Waals surface area contributed by atoms with E-state index < -0.39 is 0 Å². The SMILES string of the molecule is O=C1c2cccc3c(Br)ccc(c23)C(=O)N1CCCc1ccccc1. The van der Waals surface area contributed by atoms with E-state index >= 15 is 0 Å². The van der Waals surface area contributed by atoms with Crippen molar-refractivity contribution in [1.82, 2.24) is 4.90 Å². The van der Waals surface area contributed by atoms with Gasteiger partial charge in [-0.2, -0.15) is 0 Å². The van der Waals surface area contributed by atoms with E-state index in [4.69, 9.17) is 0 Å². The van der Waals surface area contributed by atoms with Gasteiger partial charge in [-0.1, -0.05) is 58.4 Å². The van der Waals surface area contributed by atoms with Crippen LogP contribution in [-0.2, 0) is 6.42 Å². The van der Waals surface area contributed by atoms with E-state index in [1.54, 1.807) is 12.1 Å². The van der Waals surface area contributed by atoms with Crippen molar-refractivity contribution in [3.63, 3.8) is 0 Å². The van der Waals surface area contributed by atoms with Crippen LogP contribution in [0.5, 0.6) is 0 Å². The maximum atomic E-state index is 12.9. The average molecular weight is 394 g/mol. The number of amides is 2. The van der Waals surface area contributed by atoms with Crippen molar-refractivity contribution in [2.45, 2.75) is 12.8 Å². The lowest BCUT2D eigenvalue weighted by molar-refractivity contribution is 0.0609. The van der Waals surface area contributed by atoms with E-state index in [0.29, 0.717) is 17.7 Å². The summed E-state index contributed by atoms with van der Waals surface area (Å²) >= 11 is 3.51. The van der Waals surface area contributed by atoms with Crippen molar-refractivity contribution in [2.24, 2.45) is 0 Å². The fraction of sp³-hybridized carbons (Fsp3) is 0.143. The highest BCUT2D eigenvalue weighted by atomic mass is 79.9. The van der Waals surface area contributed by atoms with E-state index in [9.17, 15) is 9.59 Å². The molecule has 1 aliphatic heterocycles. The first-order valence-corrected chi connectivity index (χ1v) is 9.07. The number of benzene rings is 3. The van der Waals surface area contributed by atoms with Crippen LogP contribution in [0.15, 0.2) is 65.1 Å². The monoisotopic (exact) mass is 393 g/mol. The van der Waals surface area contributed by atoms with Gasteiger partial charge in [0.15, 0.2) is 0 Å². The first kappa shape index (κ1) is 16.0. The van der Waals surface area contributed by atoms with Crippen molar-refractivity contribution in [2.75, 3.05) is 6.54 Å². The van der Waals surface area contributed by atoms with Gasteiger partial charge in [0.25, 0.3) is 11.8 Å². The Morgan fingerprint density at radius 2 is 1.52 bits per heavy atom. The van der Waals surface area contributed by atoms with Crippen LogP contribution in [-0.4, -0.2) is 23.3 Å². The summed E-state index contributed by atoms with van der Waals surface area (Å²) in [5, 5.41) is 1.66. The molecule has 3 aromatic rings. The van der Waals surface area contributed by atoms with Gasteiger partial charge in [0.2, 0.25) is 0 Å². The van der Waals surface area contributed by atoms with Gasteiger partial charge in [-0.25, -0.2) is 0 Å². The Kier molecular flexibility index (Phi) is 4.14. The summed E-state index contributed by atoms with van der Waals surface area (Å²) < 4.78 is 0.895. The molecule has 3 aromatic carbocycles. The minimum atomic E-state index is -0.200. The van der Waals surface area contributed by atoms with Gasteiger partial charge in [0, 0.05) is 27.5 Å². The number of hydrogen-bond acceptors (Lipinski definition) is 2. The molecule has 0 spiro atoms. The summed E-state index contributed by atoms with van der Waals surface area (Å²) in [4.78, 5) is 27.1. The molecule has 0 fully saturated rings. The van der Waals surface area contributed by atoms with Gasteiger partial charge in [-0.15, -0.1) is 0 Å². The zero-order valence-corrected chi connectivity index (χ0v) is 15.1. The van der Waals surface area contributed by atoms with Crippen LogP contribution in [0.3, 0.4) is 0 Å². The van der Waals surface area contributed by atoms with Crippen LogP contribution in [0.2, 0.25) is 0 Å². The second kappa shape index (κ2) is 6.45. The third kappa shape index (κ3) is 2.76.